The summed E-state index contributed by atoms with van der Waals surface area (Å²) in [5.74, 6) is 1.27. The molecule has 0 aliphatic rings. The summed E-state index contributed by atoms with van der Waals surface area (Å²) in [6.07, 6.45) is 0. The SMILES string of the molecule is CC(C)(O)c1ccccc1-c1ccc2c(c1)n1c3ccccc3nc1n2-c1cccc(Cl)c1.COC(=O)c1ccccc1-c1ccc2c(c1)n1c3ccccc3nc1n2-c1cccc(Cl)c1. The van der Waals surface area contributed by atoms with E-state index in [1.165, 1.54) is 7.11 Å². The molecule has 322 valence electrons. The number of methoxy groups -OCH3 is 1. The van der Waals surface area contributed by atoms with E-state index >= 15 is 0 Å². The minimum absolute atomic E-state index is 0.361. The summed E-state index contributed by atoms with van der Waals surface area (Å²) >= 11 is 12.7. The minimum atomic E-state index is -0.949. The maximum Gasteiger partial charge on any atom is 0.338 e. The number of hydrogen-bond acceptors (Lipinski definition) is 5. The van der Waals surface area contributed by atoms with E-state index in [1.807, 2.05) is 141 Å². The highest BCUT2D eigenvalue weighted by Crippen LogP contribution is 2.37. The molecular weight excluding hydrogens is 864 g/mol. The molecule has 0 bridgehead atoms. The maximum atomic E-state index is 12.4. The van der Waals surface area contributed by atoms with Crippen LogP contribution in [-0.2, 0) is 10.3 Å². The molecule has 11 heteroatoms. The van der Waals surface area contributed by atoms with E-state index in [-0.39, 0.29) is 5.97 Å². The van der Waals surface area contributed by atoms with Crippen LogP contribution in [0.5, 0.6) is 0 Å². The van der Waals surface area contributed by atoms with Crippen LogP contribution in [0.4, 0.5) is 0 Å². The van der Waals surface area contributed by atoms with Gasteiger partial charge < -0.3 is 9.84 Å². The largest absolute Gasteiger partial charge is 0.465 e. The Balaban J connectivity index is 0.000000146. The summed E-state index contributed by atoms with van der Waals surface area (Å²) in [5.41, 5.74) is 14.1. The first-order chi connectivity index (χ1) is 32.1. The van der Waals surface area contributed by atoms with Crippen molar-refractivity contribution in [2.45, 2.75) is 19.4 Å². The van der Waals surface area contributed by atoms with Gasteiger partial charge in [0, 0.05) is 10.0 Å². The van der Waals surface area contributed by atoms with Crippen LogP contribution in [0.3, 0.4) is 0 Å². The Morgan fingerprint density at radius 2 is 0.985 bits per heavy atom. The Labute approximate surface area is 388 Å². The molecule has 0 unspecified atom stereocenters. The highest BCUT2D eigenvalue weighted by Gasteiger charge is 2.23. The van der Waals surface area contributed by atoms with Gasteiger partial charge in [0.15, 0.2) is 0 Å². The van der Waals surface area contributed by atoms with E-state index in [0.717, 1.165) is 94.9 Å². The second-order valence-electron chi connectivity index (χ2n) is 16.7. The number of aromatic nitrogens is 6. The van der Waals surface area contributed by atoms with Crippen molar-refractivity contribution in [3.63, 3.8) is 0 Å². The average molecular weight is 904 g/mol. The van der Waals surface area contributed by atoms with Crippen molar-refractivity contribution in [3.8, 4) is 33.6 Å². The first-order valence-corrected chi connectivity index (χ1v) is 22.2. The summed E-state index contributed by atoms with van der Waals surface area (Å²) in [5, 5.41) is 12.1. The average Bonchev–Trinajstić information content (AvgIpc) is 4.07. The number of nitrogens with zero attached hydrogens (tertiary/aromatic N) is 6. The maximum absolute atomic E-state index is 12.4. The molecule has 0 atom stereocenters. The van der Waals surface area contributed by atoms with Crippen LogP contribution in [0.2, 0.25) is 10.0 Å². The number of halogens is 2. The Kier molecular flexibility index (Phi) is 10.00. The van der Waals surface area contributed by atoms with Crippen LogP contribution < -0.4 is 0 Å². The molecule has 66 heavy (non-hydrogen) atoms. The monoisotopic (exact) mass is 902 g/mol. The zero-order valence-corrected chi connectivity index (χ0v) is 37.5. The zero-order chi connectivity index (χ0) is 45.3. The quantitative estimate of drug-likeness (QED) is 0.168. The first-order valence-electron chi connectivity index (χ1n) is 21.4. The van der Waals surface area contributed by atoms with Crippen molar-refractivity contribution in [3.05, 3.63) is 203 Å². The smallest absolute Gasteiger partial charge is 0.338 e. The van der Waals surface area contributed by atoms with E-state index in [4.69, 9.17) is 37.9 Å². The number of esters is 1. The number of para-hydroxylation sites is 4. The first kappa shape index (κ1) is 41.0. The number of carbonyl (C=O) groups is 1. The van der Waals surface area contributed by atoms with Crippen molar-refractivity contribution in [1.82, 2.24) is 27.9 Å². The van der Waals surface area contributed by atoms with E-state index in [9.17, 15) is 9.90 Å². The topological polar surface area (TPSA) is 91.0 Å². The number of fused-ring (bicyclic) bond motifs is 10. The van der Waals surface area contributed by atoms with Crippen LogP contribution in [0.25, 0.3) is 89.3 Å². The van der Waals surface area contributed by atoms with Gasteiger partial charge in [-0.2, -0.15) is 0 Å². The van der Waals surface area contributed by atoms with Gasteiger partial charge in [-0.1, -0.05) is 114 Å². The number of hydrogen-bond donors (Lipinski definition) is 1. The van der Waals surface area contributed by atoms with Gasteiger partial charge in [-0.25, -0.2) is 14.8 Å². The number of aliphatic hydroxyl groups is 1. The lowest BCUT2D eigenvalue weighted by atomic mass is 9.89. The molecule has 0 radical (unpaired) electrons. The number of ether oxygens (including phenoxy) is 1. The van der Waals surface area contributed by atoms with E-state index < -0.39 is 5.60 Å². The van der Waals surface area contributed by atoms with Gasteiger partial charge in [0.2, 0.25) is 11.6 Å². The van der Waals surface area contributed by atoms with Gasteiger partial charge in [0.05, 0.1) is 73.8 Å². The summed E-state index contributed by atoms with van der Waals surface area (Å²) in [7, 11) is 1.40. The van der Waals surface area contributed by atoms with Crippen LogP contribution in [0, 0.1) is 0 Å². The summed E-state index contributed by atoms with van der Waals surface area (Å²) in [6, 6.07) is 59.9. The third-order valence-electron chi connectivity index (χ3n) is 12.1. The molecule has 0 amide bonds. The minimum Gasteiger partial charge on any atom is -0.465 e. The third-order valence-corrected chi connectivity index (χ3v) is 12.5. The number of carbonyl (C=O) groups excluding carboxylic acids is 1. The lowest BCUT2D eigenvalue weighted by Gasteiger charge is -2.21. The van der Waals surface area contributed by atoms with Crippen molar-refractivity contribution in [2.75, 3.05) is 7.11 Å². The number of imidazole rings is 4. The Morgan fingerprint density at radius 1 is 0.515 bits per heavy atom. The molecule has 1 N–H and O–H groups in total. The molecular formula is C55H40Cl2N6O3. The molecule has 4 aromatic heterocycles. The van der Waals surface area contributed by atoms with Crippen molar-refractivity contribution in [2.24, 2.45) is 0 Å². The van der Waals surface area contributed by atoms with Crippen molar-refractivity contribution in [1.29, 1.82) is 0 Å². The van der Waals surface area contributed by atoms with Gasteiger partial charge in [0.1, 0.15) is 0 Å². The summed E-state index contributed by atoms with van der Waals surface area (Å²) in [4.78, 5) is 22.3. The lowest BCUT2D eigenvalue weighted by molar-refractivity contribution is 0.0601. The van der Waals surface area contributed by atoms with Crippen LogP contribution >= 0.6 is 23.2 Å². The fraction of sp³-hybridized carbons (Fsp3) is 0.0727. The number of benzene rings is 8. The van der Waals surface area contributed by atoms with Gasteiger partial charge in [-0.3, -0.25) is 17.9 Å². The van der Waals surface area contributed by atoms with E-state index in [0.29, 0.717) is 15.6 Å². The Morgan fingerprint density at radius 3 is 1.50 bits per heavy atom. The predicted molar refractivity (Wildman–Crippen MR) is 267 cm³/mol. The van der Waals surface area contributed by atoms with E-state index in [2.05, 4.69) is 66.5 Å². The second-order valence-corrected chi connectivity index (χ2v) is 17.5. The fourth-order valence-electron chi connectivity index (χ4n) is 9.17. The molecule has 0 aliphatic heterocycles. The molecule has 8 aromatic carbocycles. The molecule has 0 aliphatic carbocycles. The molecule has 12 rings (SSSR count). The fourth-order valence-corrected chi connectivity index (χ4v) is 9.54. The molecule has 0 saturated carbocycles. The van der Waals surface area contributed by atoms with Crippen LogP contribution in [0.1, 0.15) is 29.8 Å². The third kappa shape index (κ3) is 6.87. The number of rotatable bonds is 6. The van der Waals surface area contributed by atoms with Gasteiger partial charge in [-0.15, -0.1) is 0 Å². The van der Waals surface area contributed by atoms with Crippen molar-refractivity contribution >= 4 is 84.9 Å². The predicted octanol–water partition coefficient (Wildman–Crippen LogP) is 13.5. The van der Waals surface area contributed by atoms with E-state index in [1.54, 1.807) is 6.07 Å². The molecule has 0 spiro atoms. The van der Waals surface area contributed by atoms with Crippen molar-refractivity contribution < 1.29 is 14.6 Å². The van der Waals surface area contributed by atoms with Gasteiger partial charge in [0.25, 0.3) is 0 Å². The summed E-state index contributed by atoms with van der Waals surface area (Å²) < 4.78 is 13.6. The van der Waals surface area contributed by atoms with Gasteiger partial charge in [-0.05, 0) is 133 Å². The molecule has 12 aromatic rings. The highest BCUT2D eigenvalue weighted by molar-refractivity contribution is 6.31. The van der Waals surface area contributed by atoms with Gasteiger partial charge >= 0.3 is 5.97 Å². The normalized spacial score (nSPS) is 11.8. The Bertz CT molecular complexity index is 3870. The molecule has 9 nitrogen and oxygen atoms in total. The summed E-state index contributed by atoms with van der Waals surface area (Å²) in [6.45, 7) is 3.64. The standard InChI is InChI=1S/C28H22ClN3O.C27H18ClN3O2/c1-28(2,33)22-11-4-3-10-21(22)18-14-15-25-26(16-18)32-24-13-6-5-12-23(24)30-27(32)31(25)20-9-7-8-19(29)17-20;1-33-26(32)21-10-3-2-9-20(21)17-13-14-24-25(15-17)31-23-12-5-4-11-22(23)29-27(31)30(24)19-8-6-7-18(28)16-19/h3-17,33H,1-2H3;2-16H,1H3. The molecule has 0 fully saturated rings. The molecule has 0 saturated heterocycles. The highest BCUT2D eigenvalue weighted by atomic mass is 35.5. The van der Waals surface area contributed by atoms with Crippen LogP contribution in [0.15, 0.2) is 182 Å². The molecule has 4 heterocycles. The zero-order valence-electron chi connectivity index (χ0n) is 36.0. The Hall–Kier alpha value is -7.69. The second kappa shape index (κ2) is 16.1. The van der Waals surface area contributed by atoms with Crippen LogP contribution in [-0.4, -0.2) is 46.1 Å². The lowest BCUT2D eigenvalue weighted by Crippen LogP contribution is -2.16.